The number of likely N-dealkylation sites (N-methyl/N-ethyl adjacent to an activating group) is 1. The molecule has 0 aliphatic carbocycles. The van der Waals surface area contributed by atoms with E-state index in [1.54, 1.807) is 4.90 Å². The number of nitrogens with zero attached hydrogens (tertiary/aromatic N) is 1. The van der Waals surface area contributed by atoms with Crippen molar-refractivity contribution in [2.75, 3.05) is 33.3 Å². The van der Waals surface area contributed by atoms with Crippen LogP contribution in [0, 0.1) is 5.92 Å². The number of benzene rings is 1. The summed E-state index contributed by atoms with van der Waals surface area (Å²) in [6.45, 7) is 3.03. The molecule has 0 bridgehead atoms. The number of hydrogen-bond donors (Lipinski definition) is 1. The van der Waals surface area contributed by atoms with E-state index < -0.39 is 0 Å². The second kappa shape index (κ2) is 7.14. The Bertz CT molecular complexity index is 388. The van der Waals surface area contributed by atoms with Crippen molar-refractivity contribution in [1.29, 1.82) is 0 Å². The van der Waals surface area contributed by atoms with Gasteiger partial charge in [-0.2, -0.15) is 0 Å². The van der Waals surface area contributed by atoms with Crippen LogP contribution in [0.2, 0.25) is 0 Å². The lowest BCUT2D eigenvalue weighted by molar-refractivity contribution is -0.132. The van der Waals surface area contributed by atoms with Crippen molar-refractivity contribution in [3.63, 3.8) is 0 Å². The van der Waals surface area contributed by atoms with Gasteiger partial charge in [-0.25, -0.2) is 0 Å². The number of carbonyl (C=O) groups is 1. The minimum absolute atomic E-state index is 0.0365. The van der Waals surface area contributed by atoms with Gasteiger partial charge in [0.05, 0.1) is 0 Å². The van der Waals surface area contributed by atoms with Gasteiger partial charge < -0.3 is 15.0 Å². The molecule has 1 fully saturated rings. The normalized spacial score (nSPS) is 18.9. The van der Waals surface area contributed by atoms with Crippen molar-refractivity contribution in [3.05, 3.63) is 30.3 Å². The molecule has 1 amide bonds. The maximum absolute atomic E-state index is 12.0. The third-order valence-electron chi connectivity index (χ3n) is 3.46. The highest BCUT2D eigenvalue weighted by Crippen LogP contribution is 2.12. The zero-order valence-electron chi connectivity index (χ0n) is 11.5. The summed E-state index contributed by atoms with van der Waals surface area (Å²) in [4.78, 5) is 13.7. The second-order valence-corrected chi connectivity index (χ2v) is 5.09. The van der Waals surface area contributed by atoms with Crippen molar-refractivity contribution in [3.8, 4) is 5.75 Å². The maximum atomic E-state index is 12.0. The zero-order valence-corrected chi connectivity index (χ0v) is 11.5. The molecule has 1 aliphatic rings. The highest BCUT2D eigenvalue weighted by molar-refractivity contribution is 5.77. The quantitative estimate of drug-likeness (QED) is 0.875. The average molecular weight is 262 g/mol. The van der Waals surface area contributed by atoms with Gasteiger partial charge >= 0.3 is 0 Å². The number of rotatable bonds is 5. The summed E-state index contributed by atoms with van der Waals surface area (Å²) in [6, 6.07) is 9.45. The Kier molecular flexibility index (Phi) is 5.21. The van der Waals surface area contributed by atoms with E-state index in [0.29, 0.717) is 5.92 Å². The van der Waals surface area contributed by atoms with Crippen molar-refractivity contribution in [1.82, 2.24) is 10.2 Å². The highest BCUT2D eigenvalue weighted by atomic mass is 16.5. The Morgan fingerprint density at radius 1 is 1.42 bits per heavy atom. The van der Waals surface area contributed by atoms with Crippen LogP contribution < -0.4 is 10.1 Å². The minimum atomic E-state index is 0.0365. The Morgan fingerprint density at radius 2 is 2.21 bits per heavy atom. The van der Waals surface area contributed by atoms with E-state index in [0.717, 1.165) is 25.4 Å². The Morgan fingerprint density at radius 3 is 2.89 bits per heavy atom. The van der Waals surface area contributed by atoms with Crippen LogP contribution in [0.25, 0.3) is 0 Å². The summed E-state index contributed by atoms with van der Waals surface area (Å²) in [5.41, 5.74) is 0. The molecule has 1 aromatic carbocycles. The molecule has 1 heterocycles. The summed E-state index contributed by atoms with van der Waals surface area (Å²) in [7, 11) is 1.85. The highest BCUT2D eigenvalue weighted by Gasteiger charge is 2.18. The van der Waals surface area contributed by atoms with Crippen LogP contribution in [-0.2, 0) is 4.79 Å². The first-order valence-electron chi connectivity index (χ1n) is 6.88. The summed E-state index contributed by atoms with van der Waals surface area (Å²) < 4.78 is 5.47. The SMILES string of the molecule is CN(CC1CCCNC1)C(=O)COc1ccccc1. The standard InChI is InChI=1S/C15H22N2O2/c1-17(11-13-6-5-9-16-10-13)15(18)12-19-14-7-3-2-4-8-14/h2-4,7-8,13,16H,5-6,9-12H2,1H3. The summed E-state index contributed by atoms with van der Waals surface area (Å²) in [5.74, 6) is 1.34. The smallest absolute Gasteiger partial charge is 0.260 e. The molecule has 1 aliphatic heterocycles. The maximum Gasteiger partial charge on any atom is 0.260 e. The molecule has 1 unspecified atom stereocenters. The molecule has 4 nitrogen and oxygen atoms in total. The van der Waals surface area contributed by atoms with E-state index in [2.05, 4.69) is 5.32 Å². The largest absolute Gasteiger partial charge is 0.484 e. The van der Waals surface area contributed by atoms with Crippen LogP contribution in [0.3, 0.4) is 0 Å². The molecule has 2 rings (SSSR count). The Labute approximate surface area is 114 Å². The molecule has 0 spiro atoms. The fourth-order valence-corrected chi connectivity index (χ4v) is 2.34. The van der Waals surface area contributed by atoms with Crippen molar-refractivity contribution in [2.45, 2.75) is 12.8 Å². The summed E-state index contributed by atoms with van der Waals surface area (Å²) in [6.07, 6.45) is 2.40. The van der Waals surface area contributed by atoms with Crippen LogP contribution in [0.5, 0.6) is 5.75 Å². The molecule has 0 radical (unpaired) electrons. The molecule has 1 atom stereocenters. The van der Waals surface area contributed by atoms with Gasteiger partial charge in [-0.15, -0.1) is 0 Å². The molecular weight excluding hydrogens is 240 g/mol. The topological polar surface area (TPSA) is 41.6 Å². The first kappa shape index (κ1) is 13.9. The van der Waals surface area contributed by atoms with Crippen molar-refractivity contribution >= 4 is 5.91 Å². The number of ether oxygens (including phenoxy) is 1. The molecule has 1 saturated heterocycles. The van der Waals surface area contributed by atoms with Gasteiger partial charge in [0.15, 0.2) is 6.61 Å². The zero-order chi connectivity index (χ0) is 13.5. The van der Waals surface area contributed by atoms with Gasteiger partial charge in [0.2, 0.25) is 0 Å². The predicted octanol–water partition coefficient (Wildman–Crippen LogP) is 1.52. The molecule has 19 heavy (non-hydrogen) atoms. The number of para-hydroxylation sites is 1. The van der Waals surface area contributed by atoms with Gasteiger partial charge in [0, 0.05) is 13.6 Å². The first-order chi connectivity index (χ1) is 9.25. The third kappa shape index (κ3) is 4.56. The summed E-state index contributed by atoms with van der Waals surface area (Å²) in [5, 5.41) is 3.37. The predicted molar refractivity (Wildman–Crippen MR) is 75.2 cm³/mol. The van der Waals surface area contributed by atoms with Crippen molar-refractivity contribution in [2.24, 2.45) is 5.92 Å². The third-order valence-corrected chi connectivity index (χ3v) is 3.46. The number of nitrogens with one attached hydrogen (secondary N) is 1. The molecule has 1 N–H and O–H groups in total. The molecule has 4 heteroatoms. The van der Waals surface area contributed by atoms with E-state index in [9.17, 15) is 4.79 Å². The van der Waals surface area contributed by atoms with Crippen LogP contribution in [0.15, 0.2) is 30.3 Å². The Balaban J connectivity index is 1.72. The lowest BCUT2D eigenvalue weighted by Gasteiger charge is -2.27. The van der Waals surface area contributed by atoms with Gasteiger partial charge in [0.25, 0.3) is 5.91 Å². The monoisotopic (exact) mass is 262 g/mol. The van der Waals surface area contributed by atoms with Crippen LogP contribution in [0.4, 0.5) is 0 Å². The molecule has 0 saturated carbocycles. The van der Waals surface area contributed by atoms with E-state index in [4.69, 9.17) is 4.74 Å². The molecule has 104 valence electrons. The molecule has 1 aromatic rings. The average Bonchev–Trinajstić information content (AvgIpc) is 2.47. The number of carbonyl (C=O) groups excluding carboxylic acids is 1. The van der Waals surface area contributed by atoms with Crippen LogP contribution in [-0.4, -0.2) is 44.1 Å². The lowest BCUT2D eigenvalue weighted by atomic mass is 9.99. The summed E-state index contributed by atoms with van der Waals surface area (Å²) >= 11 is 0. The van der Waals surface area contributed by atoms with Gasteiger partial charge in [0.1, 0.15) is 5.75 Å². The number of hydrogen-bond acceptors (Lipinski definition) is 3. The fraction of sp³-hybridized carbons (Fsp3) is 0.533. The minimum Gasteiger partial charge on any atom is -0.484 e. The van der Waals surface area contributed by atoms with E-state index in [-0.39, 0.29) is 12.5 Å². The van der Waals surface area contributed by atoms with Crippen LogP contribution in [0.1, 0.15) is 12.8 Å². The van der Waals surface area contributed by atoms with Gasteiger partial charge in [-0.05, 0) is 44.0 Å². The fourth-order valence-electron chi connectivity index (χ4n) is 2.34. The van der Waals surface area contributed by atoms with Crippen molar-refractivity contribution < 1.29 is 9.53 Å². The molecule has 0 aromatic heterocycles. The van der Waals surface area contributed by atoms with E-state index >= 15 is 0 Å². The second-order valence-electron chi connectivity index (χ2n) is 5.09. The van der Waals surface area contributed by atoms with E-state index in [1.165, 1.54) is 12.8 Å². The first-order valence-corrected chi connectivity index (χ1v) is 6.88. The lowest BCUT2D eigenvalue weighted by Crippen LogP contribution is -2.40. The van der Waals surface area contributed by atoms with E-state index in [1.807, 2.05) is 37.4 Å². The van der Waals surface area contributed by atoms with Crippen LogP contribution >= 0.6 is 0 Å². The van der Waals surface area contributed by atoms with Gasteiger partial charge in [-0.1, -0.05) is 18.2 Å². The molecular formula is C15H22N2O2. The Hall–Kier alpha value is -1.55. The number of piperidine rings is 1. The number of amides is 1. The van der Waals surface area contributed by atoms with Gasteiger partial charge in [-0.3, -0.25) is 4.79 Å².